The van der Waals surface area contributed by atoms with E-state index in [1.807, 2.05) is 73.9 Å². The molecule has 4 aliphatic heterocycles. The Labute approximate surface area is 390 Å². The molecule has 0 unspecified atom stereocenters. The number of allylic oxidation sites excluding steroid dienone is 4. The zero-order chi connectivity index (χ0) is 46.2. The van der Waals surface area contributed by atoms with Gasteiger partial charge in [0, 0.05) is 43.7 Å². The maximum absolute atomic E-state index is 14.2. The number of carbonyl (C=O) groups excluding carboxylic acids is 5. The van der Waals surface area contributed by atoms with Crippen LogP contribution in [-0.4, -0.2) is 100 Å². The van der Waals surface area contributed by atoms with Gasteiger partial charge in [-0.25, -0.2) is 9.69 Å². The zero-order valence-corrected chi connectivity index (χ0v) is 38.7. The number of aliphatic hydroxyl groups is 1. The molecule has 7 rings (SSSR count). The van der Waals surface area contributed by atoms with Crippen molar-refractivity contribution in [2.75, 3.05) is 36.2 Å². The average molecular weight is 999 g/mol. The number of hydrogen-bond acceptors (Lipinski definition) is 11. The lowest BCUT2D eigenvalue weighted by molar-refractivity contribution is -0.124. The molecule has 17 heteroatoms. The summed E-state index contributed by atoms with van der Waals surface area (Å²) in [5.41, 5.74) is 5.32. The molecule has 65 heavy (non-hydrogen) atoms. The zero-order valence-electron chi connectivity index (χ0n) is 36.5. The third-order valence-electron chi connectivity index (χ3n) is 11.2. The van der Waals surface area contributed by atoms with Crippen LogP contribution in [0.5, 0.6) is 17.2 Å². The molecule has 16 nitrogen and oxygen atoms in total. The summed E-state index contributed by atoms with van der Waals surface area (Å²) in [4.78, 5) is 74.3. The summed E-state index contributed by atoms with van der Waals surface area (Å²) in [7, 11) is 1.45. The second-order valence-corrected chi connectivity index (χ2v) is 16.5. The maximum Gasteiger partial charge on any atom is 0.416 e. The number of ether oxygens (including phenoxy) is 4. The fourth-order valence-electron chi connectivity index (χ4n) is 7.93. The van der Waals surface area contributed by atoms with E-state index in [0.29, 0.717) is 41.8 Å². The first-order valence-electron chi connectivity index (χ1n) is 21.2. The Morgan fingerprint density at radius 2 is 1.52 bits per heavy atom. The van der Waals surface area contributed by atoms with E-state index < -0.39 is 24.3 Å². The Morgan fingerprint density at radius 3 is 2.23 bits per heavy atom. The van der Waals surface area contributed by atoms with Crippen LogP contribution in [0.4, 0.5) is 16.2 Å². The number of aryl methyl sites for hydroxylation is 1. The van der Waals surface area contributed by atoms with Gasteiger partial charge in [0.1, 0.15) is 12.4 Å². The minimum absolute atomic E-state index is 0.0837. The Bertz CT molecular complexity index is 2500. The van der Waals surface area contributed by atoms with Gasteiger partial charge in [0.2, 0.25) is 11.8 Å². The fraction of sp³-hybridized carbons (Fsp3) is 0.333. The Kier molecular flexibility index (Phi) is 15.0. The summed E-state index contributed by atoms with van der Waals surface area (Å²) in [5.74, 6) is -0.0455. The van der Waals surface area contributed by atoms with Gasteiger partial charge < -0.3 is 44.5 Å². The number of benzene rings is 3. The second-order valence-electron chi connectivity index (χ2n) is 15.7. The molecule has 0 saturated carbocycles. The van der Waals surface area contributed by atoms with Gasteiger partial charge in [-0.2, -0.15) is 0 Å². The van der Waals surface area contributed by atoms with Gasteiger partial charge in [0.25, 0.3) is 11.8 Å². The van der Waals surface area contributed by atoms with Crippen molar-refractivity contribution in [3.05, 3.63) is 124 Å². The highest BCUT2D eigenvalue weighted by Gasteiger charge is 2.45. The SMILES string of the molecule is C/C=C/C1=CN2C(=O)c3cc(C)c(OCCCOc4cc5c(cc4OC)C(=O)N4C=C(/C=C/C)C[C@H]4[C@H](O)N5C(=O)OCc4ccc(CNC(=O)CNC(=O)CI)cc4)cc3N=C[C@@H]2C1. The predicted molar refractivity (Wildman–Crippen MR) is 252 cm³/mol. The van der Waals surface area contributed by atoms with Crippen LogP contribution in [-0.2, 0) is 27.5 Å². The normalized spacial score (nSPS) is 18.6. The molecule has 4 aliphatic rings. The summed E-state index contributed by atoms with van der Waals surface area (Å²) in [6.07, 6.45) is 12.0. The Morgan fingerprint density at radius 1 is 0.846 bits per heavy atom. The van der Waals surface area contributed by atoms with Crippen LogP contribution in [0, 0.1) is 6.92 Å². The molecule has 3 N–H and O–H groups in total. The lowest BCUT2D eigenvalue weighted by atomic mass is 10.1. The molecular formula is C48H51IN6O10. The number of carbonyl (C=O) groups is 5. The maximum atomic E-state index is 14.2. The molecule has 0 spiro atoms. The number of methoxy groups -OCH3 is 1. The van der Waals surface area contributed by atoms with Gasteiger partial charge in [-0.3, -0.25) is 24.2 Å². The average Bonchev–Trinajstić information content (AvgIpc) is 3.88. The van der Waals surface area contributed by atoms with Gasteiger partial charge in [-0.15, -0.1) is 0 Å². The third kappa shape index (κ3) is 10.6. The highest BCUT2D eigenvalue weighted by atomic mass is 127. The first kappa shape index (κ1) is 46.5. The molecule has 0 saturated heterocycles. The Balaban J connectivity index is 1.03. The smallest absolute Gasteiger partial charge is 0.416 e. The van der Waals surface area contributed by atoms with Crippen molar-refractivity contribution in [2.45, 2.75) is 71.5 Å². The van der Waals surface area contributed by atoms with Gasteiger partial charge in [-0.05, 0) is 73.6 Å². The molecule has 0 aromatic heterocycles. The highest BCUT2D eigenvalue weighted by molar-refractivity contribution is 14.1. The van der Waals surface area contributed by atoms with Crippen molar-refractivity contribution in [1.82, 2.24) is 20.4 Å². The molecule has 340 valence electrons. The molecule has 0 radical (unpaired) electrons. The van der Waals surface area contributed by atoms with Crippen LogP contribution in [0.2, 0.25) is 0 Å². The Hall–Kier alpha value is -6.47. The number of aliphatic hydroxyl groups excluding tert-OH is 1. The second kappa shape index (κ2) is 21.0. The van der Waals surface area contributed by atoms with Gasteiger partial charge in [-0.1, -0.05) is 71.2 Å². The topological polar surface area (TPSA) is 189 Å². The third-order valence-corrected chi connectivity index (χ3v) is 11.9. The van der Waals surface area contributed by atoms with E-state index >= 15 is 0 Å². The number of anilines is 1. The van der Waals surface area contributed by atoms with Crippen LogP contribution in [0.15, 0.2) is 101 Å². The van der Waals surface area contributed by atoms with Crippen LogP contribution in [0.25, 0.3) is 0 Å². The van der Waals surface area contributed by atoms with Crippen LogP contribution in [0.3, 0.4) is 0 Å². The standard InChI is InChI=1S/C48H51IN6O10/c1-5-8-32-17-34-24-50-37-20-40(29(3)16-35(37)45(58)53(34)26-32)63-14-7-15-64-42-21-38-36(19-41(42)62-4)46(59)54-27-33(9-6-2)18-39(54)47(60)55(38)48(61)65-28-31-12-10-30(11-13-31)23-51-44(57)25-52-43(56)22-49/h5-6,8-13,16,19-21,24,26-27,34,39,47,60H,7,14-15,17-18,22-23,25,28H2,1-4H3,(H,51,57)(H,52,56)/b8-5+,9-6+/t34-,39-,47-/m0/s1. The number of nitrogens with one attached hydrogen (secondary N) is 2. The van der Waals surface area contributed by atoms with E-state index in [1.165, 1.54) is 24.1 Å². The van der Waals surface area contributed by atoms with Crippen molar-refractivity contribution in [1.29, 1.82) is 0 Å². The van der Waals surface area contributed by atoms with Crippen molar-refractivity contribution >= 4 is 69.9 Å². The van der Waals surface area contributed by atoms with Gasteiger partial charge >= 0.3 is 6.09 Å². The number of rotatable bonds is 16. The predicted octanol–water partition coefficient (Wildman–Crippen LogP) is 6.56. The number of halogens is 1. The van der Waals surface area contributed by atoms with Gasteiger partial charge in [0.15, 0.2) is 17.7 Å². The van der Waals surface area contributed by atoms with Crippen molar-refractivity contribution in [2.24, 2.45) is 4.99 Å². The summed E-state index contributed by atoms with van der Waals surface area (Å²) < 4.78 is 24.1. The molecule has 3 aromatic rings. The molecular weight excluding hydrogens is 947 g/mol. The minimum atomic E-state index is -1.50. The summed E-state index contributed by atoms with van der Waals surface area (Å²) in [6.45, 7) is 6.05. The van der Waals surface area contributed by atoms with Crippen molar-refractivity contribution in [3.8, 4) is 17.2 Å². The summed E-state index contributed by atoms with van der Waals surface area (Å²) in [6, 6.07) is 12.7. The molecule has 0 aliphatic carbocycles. The first-order chi connectivity index (χ1) is 31.4. The number of aliphatic imine (C=N–C) groups is 1. The quantitative estimate of drug-likeness (QED) is 0.0806. The van der Waals surface area contributed by atoms with E-state index in [2.05, 4.69) is 15.6 Å². The van der Waals surface area contributed by atoms with E-state index in [0.717, 1.165) is 27.2 Å². The van der Waals surface area contributed by atoms with Crippen molar-refractivity contribution < 1.29 is 48.0 Å². The molecule has 3 aromatic carbocycles. The number of amides is 5. The lowest BCUT2D eigenvalue weighted by Gasteiger charge is -2.31. The highest BCUT2D eigenvalue weighted by Crippen LogP contribution is 2.42. The largest absolute Gasteiger partial charge is 0.493 e. The van der Waals surface area contributed by atoms with Crippen LogP contribution in [0.1, 0.15) is 70.5 Å². The van der Waals surface area contributed by atoms with E-state index in [1.54, 1.807) is 53.7 Å². The molecule has 3 atom stereocenters. The van der Waals surface area contributed by atoms with Crippen molar-refractivity contribution in [3.63, 3.8) is 0 Å². The summed E-state index contributed by atoms with van der Waals surface area (Å²) in [5, 5.41) is 17.2. The number of fused-ring (bicyclic) bond motifs is 4. The van der Waals surface area contributed by atoms with E-state index in [9.17, 15) is 29.1 Å². The van der Waals surface area contributed by atoms with E-state index in [4.69, 9.17) is 18.9 Å². The van der Waals surface area contributed by atoms with Crippen LogP contribution < -0.4 is 29.7 Å². The lowest BCUT2D eigenvalue weighted by Crippen LogP contribution is -2.50. The molecule has 5 amide bonds. The monoisotopic (exact) mass is 998 g/mol. The number of alkyl halides is 1. The fourth-order valence-corrected chi connectivity index (χ4v) is 8.19. The number of nitrogens with zero attached hydrogens (tertiary/aromatic N) is 4. The molecule has 0 bridgehead atoms. The summed E-state index contributed by atoms with van der Waals surface area (Å²) >= 11 is 1.92. The van der Waals surface area contributed by atoms with E-state index in [-0.39, 0.29) is 83.9 Å². The minimum Gasteiger partial charge on any atom is -0.493 e. The molecule has 0 fully saturated rings. The van der Waals surface area contributed by atoms with Crippen LogP contribution >= 0.6 is 22.6 Å². The van der Waals surface area contributed by atoms with Gasteiger partial charge in [0.05, 0.1) is 65.9 Å². The number of hydrogen-bond donors (Lipinski definition) is 3. The first-order valence-corrected chi connectivity index (χ1v) is 22.7. The molecule has 4 heterocycles.